The van der Waals surface area contributed by atoms with E-state index in [2.05, 4.69) is 16.8 Å². The second-order valence-electron chi connectivity index (χ2n) is 8.46. The molecule has 2 aliphatic heterocycles. The molecule has 0 saturated carbocycles. The van der Waals surface area contributed by atoms with E-state index in [-0.39, 0.29) is 24.6 Å². The van der Waals surface area contributed by atoms with Gasteiger partial charge in [0.05, 0.1) is 23.1 Å². The Labute approximate surface area is 213 Å². The van der Waals surface area contributed by atoms with Crippen LogP contribution in [0, 0.1) is 5.82 Å². The minimum absolute atomic E-state index is 0.00701. The number of carbonyl (C=O) groups is 3. The number of ether oxygens (including phenoxy) is 1. The number of hydrogen-bond donors (Lipinski definition) is 1. The van der Waals surface area contributed by atoms with Crippen LogP contribution in [0.15, 0.2) is 65.7 Å². The Kier molecular flexibility index (Phi) is 8.17. The smallest absolute Gasteiger partial charge is 0.338 e. The van der Waals surface area contributed by atoms with E-state index in [1.54, 1.807) is 25.1 Å². The van der Waals surface area contributed by atoms with Crippen molar-refractivity contribution in [2.75, 3.05) is 45.9 Å². The molecule has 2 aromatic rings. The summed E-state index contributed by atoms with van der Waals surface area (Å²) in [5.74, 6) is -1.03. The molecule has 1 aromatic carbocycles. The fourth-order valence-corrected chi connectivity index (χ4v) is 5.15. The maximum Gasteiger partial charge on any atom is 0.338 e. The second kappa shape index (κ2) is 11.5. The van der Waals surface area contributed by atoms with Crippen molar-refractivity contribution in [2.24, 2.45) is 0 Å². The summed E-state index contributed by atoms with van der Waals surface area (Å²) < 4.78 is 19.4. The molecule has 1 aromatic heterocycles. The standard InChI is InChI=1S/C26H29FN4O4S/c1-3-10-31-20(17-29-11-13-30(14-12-29)24(32)21-9-6-15-36-21)22(25(33)35-4-2)23(28-26(31)34)18-7-5-8-19(27)16-18/h3,5-9,15-16,23H,1,4,10-14,17H2,2H3,(H,28,34). The van der Waals surface area contributed by atoms with Crippen molar-refractivity contribution in [3.05, 3.63) is 82.0 Å². The van der Waals surface area contributed by atoms with Crippen LogP contribution in [-0.4, -0.2) is 78.5 Å². The lowest BCUT2D eigenvalue weighted by atomic mass is 9.94. The van der Waals surface area contributed by atoms with Crippen molar-refractivity contribution in [3.63, 3.8) is 0 Å². The van der Waals surface area contributed by atoms with Gasteiger partial charge in [0.2, 0.25) is 0 Å². The molecule has 0 radical (unpaired) electrons. The van der Waals surface area contributed by atoms with Crippen LogP contribution < -0.4 is 5.32 Å². The third-order valence-electron chi connectivity index (χ3n) is 6.19. The summed E-state index contributed by atoms with van der Waals surface area (Å²) in [4.78, 5) is 45.1. The molecule has 1 saturated heterocycles. The van der Waals surface area contributed by atoms with E-state index in [0.717, 1.165) is 0 Å². The van der Waals surface area contributed by atoms with Gasteiger partial charge in [-0.15, -0.1) is 17.9 Å². The molecule has 2 aliphatic rings. The topological polar surface area (TPSA) is 82.2 Å². The van der Waals surface area contributed by atoms with E-state index in [1.807, 2.05) is 22.4 Å². The summed E-state index contributed by atoms with van der Waals surface area (Å²) in [6.45, 7) is 8.31. The Morgan fingerprint density at radius 3 is 2.64 bits per heavy atom. The molecular weight excluding hydrogens is 483 g/mol. The zero-order valence-corrected chi connectivity index (χ0v) is 20.9. The van der Waals surface area contributed by atoms with Gasteiger partial charge in [0.25, 0.3) is 5.91 Å². The van der Waals surface area contributed by atoms with E-state index < -0.39 is 23.9 Å². The first kappa shape index (κ1) is 25.6. The van der Waals surface area contributed by atoms with Crippen LogP contribution in [0.3, 0.4) is 0 Å². The van der Waals surface area contributed by atoms with Crippen molar-refractivity contribution < 1.29 is 23.5 Å². The number of hydrogen-bond acceptors (Lipinski definition) is 6. The molecule has 190 valence electrons. The molecule has 1 fully saturated rings. The number of nitrogens with one attached hydrogen (secondary N) is 1. The maximum atomic E-state index is 14.1. The van der Waals surface area contributed by atoms with Gasteiger partial charge in [-0.1, -0.05) is 24.3 Å². The van der Waals surface area contributed by atoms with Gasteiger partial charge in [0.1, 0.15) is 5.82 Å². The predicted octanol–water partition coefficient (Wildman–Crippen LogP) is 3.41. The van der Waals surface area contributed by atoms with Crippen molar-refractivity contribution in [3.8, 4) is 0 Å². The highest BCUT2D eigenvalue weighted by molar-refractivity contribution is 7.12. The van der Waals surface area contributed by atoms with Gasteiger partial charge in [0.15, 0.2) is 0 Å². The lowest BCUT2D eigenvalue weighted by molar-refractivity contribution is -0.139. The van der Waals surface area contributed by atoms with Gasteiger partial charge in [-0.05, 0) is 36.1 Å². The van der Waals surface area contributed by atoms with E-state index >= 15 is 0 Å². The number of nitrogens with zero attached hydrogens (tertiary/aromatic N) is 3. The number of carbonyl (C=O) groups excluding carboxylic acids is 3. The lowest BCUT2D eigenvalue weighted by Gasteiger charge is -2.40. The van der Waals surface area contributed by atoms with Gasteiger partial charge >= 0.3 is 12.0 Å². The fourth-order valence-electron chi connectivity index (χ4n) is 4.46. The second-order valence-corrected chi connectivity index (χ2v) is 9.41. The van der Waals surface area contributed by atoms with E-state index in [4.69, 9.17) is 4.74 Å². The zero-order chi connectivity index (χ0) is 25.7. The molecule has 1 unspecified atom stereocenters. The maximum absolute atomic E-state index is 14.1. The molecule has 3 amide bonds. The number of urea groups is 1. The minimum Gasteiger partial charge on any atom is -0.463 e. The van der Waals surface area contributed by atoms with E-state index in [9.17, 15) is 18.8 Å². The third kappa shape index (κ3) is 5.50. The molecule has 10 heteroatoms. The lowest BCUT2D eigenvalue weighted by Crippen LogP contribution is -2.53. The molecule has 0 bridgehead atoms. The van der Waals surface area contributed by atoms with Crippen LogP contribution >= 0.6 is 11.3 Å². The van der Waals surface area contributed by atoms with E-state index in [0.29, 0.717) is 48.9 Å². The van der Waals surface area contributed by atoms with Crippen LogP contribution in [0.1, 0.15) is 28.2 Å². The Morgan fingerprint density at radius 2 is 2.00 bits per heavy atom. The predicted molar refractivity (Wildman–Crippen MR) is 135 cm³/mol. The normalized spacial score (nSPS) is 18.7. The van der Waals surface area contributed by atoms with E-state index in [1.165, 1.54) is 28.4 Å². The molecule has 4 rings (SSSR count). The Bertz CT molecular complexity index is 1160. The highest BCUT2D eigenvalue weighted by atomic mass is 32.1. The summed E-state index contributed by atoms with van der Waals surface area (Å²) in [6, 6.07) is 8.24. The number of amides is 3. The summed E-state index contributed by atoms with van der Waals surface area (Å²) in [5.41, 5.74) is 1.21. The Morgan fingerprint density at radius 1 is 1.22 bits per heavy atom. The number of benzene rings is 1. The average molecular weight is 513 g/mol. The number of thiophene rings is 1. The average Bonchev–Trinajstić information content (AvgIpc) is 3.41. The molecule has 3 heterocycles. The highest BCUT2D eigenvalue weighted by Gasteiger charge is 2.39. The SMILES string of the molecule is C=CCN1C(=O)NC(c2cccc(F)c2)C(C(=O)OCC)=C1CN1CCN(C(=O)c2cccs2)CC1. The summed E-state index contributed by atoms with van der Waals surface area (Å²) in [6.07, 6.45) is 1.59. The van der Waals surface area contributed by atoms with Crippen molar-refractivity contribution in [1.29, 1.82) is 0 Å². The molecule has 36 heavy (non-hydrogen) atoms. The van der Waals surface area contributed by atoms with Crippen molar-refractivity contribution in [2.45, 2.75) is 13.0 Å². The van der Waals surface area contributed by atoms with Crippen LogP contribution in [0.25, 0.3) is 0 Å². The number of esters is 1. The molecule has 1 N–H and O–H groups in total. The first-order valence-corrected chi connectivity index (χ1v) is 12.7. The molecule has 0 aliphatic carbocycles. The largest absolute Gasteiger partial charge is 0.463 e. The highest BCUT2D eigenvalue weighted by Crippen LogP contribution is 2.32. The van der Waals surface area contributed by atoms with Gasteiger partial charge in [-0.2, -0.15) is 0 Å². The first-order chi connectivity index (χ1) is 17.4. The zero-order valence-electron chi connectivity index (χ0n) is 20.1. The molecule has 1 atom stereocenters. The third-order valence-corrected chi connectivity index (χ3v) is 7.05. The molecule has 0 spiro atoms. The van der Waals surface area contributed by atoms with Gasteiger partial charge in [0, 0.05) is 45.0 Å². The summed E-state index contributed by atoms with van der Waals surface area (Å²) in [7, 11) is 0. The van der Waals surface area contributed by atoms with Gasteiger partial charge in [-0.3, -0.25) is 14.6 Å². The van der Waals surface area contributed by atoms with Crippen LogP contribution in [-0.2, 0) is 9.53 Å². The Hall–Kier alpha value is -3.50. The number of halogens is 1. The summed E-state index contributed by atoms with van der Waals surface area (Å²) >= 11 is 1.42. The monoisotopic (exact) mass is 512 g/mol. The first-order valence-electron chi connectivity index (χ1n) is 11.8. The van der Waals surface area contributed by atoms with Crippen molar-refractivity contribution in [1.82, 2.24) is 20.0 Å². The van der Waals surface area contributed by atoms with Crippen LogP contribution in [0.2, 0.25) is 0 Å². The molecule has 8 nitrogen and oxygen atoms in total. The fraction of sp³-hybridized carbons (Fsp3) is 0.346. The van der Waals surface area contributed by atoms with Crippen LogP contribution in [0.5, 0.6) is 0 Å². The number of rotatable bonds is 8. The molecular formula is C26H29FN4O4S. The van der Waals surface area contributed by atoms with Crippen LogP contribution in [0.4, 0.5) is 9.18 Å². The summed E-state index contributed by atoms with van der Waals surface area (Å²) in [5, 5.41) is 4.71. The van der Waals surface area contributed by atoms with Gasteiger partial charge in [-0.25, -0.2) is 14.0 Å². The minimum atomic E-state index is -0.856. The Balaban J connectivity index is 1.64. The quantitative estimate of drug-likeness (QED) is 0.433. The van der Waals surface area contributed by atoms with Gasteiger partial charge < -0.3 is 15.0 Å². The van der Waals surface area contributed by atoms with Crippen molar-refractivity contribution >= 4 is 29.2 Å². The number of piperazine rings is 1.